The van der Waals surface area contributed by atoms with Crippen molar-refractivity contribution in [3.63, 3.8) is 0 Å². The predicted molar refractivity (Wildman–Crippen MR) is 125 cm³/mol. The van der Waals surface area contributed by atoms with Gasteiger partial charge in [0.15, 0.2) is 0 Å². The molecule has 151 valence electrons. The van der Waals surface area contributed by atoms with Crippen LogP contribution in [0.25, 0.3) is 0 Å². The van der Waals surface area contributed by atoms with E-state index in [9.17, 15) is 4.79 Å². The molecule has 3 rings (SSSR count). The van der Waals surface area contributed by atoms with Crippen LogP contribution in [-0.4, -0.2) is 29.7 Å². The first-order valence-electron chi connectivity index (χ1n) is 9.83. The van der Waals surface area contributed by atoms with E-state index < -0.39 is 30.5 Å². The molecule has 1 unspecified atom stereocenters. The van der Waals surface area contributed by atoms with E-state index in [-0.39, 0.29) is 0 Å². The van der Waals surface area contributed by atoms with Crippen molar-refractivity contribution in [2.45, 2.75) is 33.1 Å². The number of hydrogen-bond donors (Lipinski definition) is 1. The van der Waals surface area contributed by atoms with Crippen LogP contribution in [0, 0.1) is 5.92 Å². The fourth-order valence-corrected chi connectivity index (χ4v) is 8.30. The molecule has 0 saturated heterocycles. The van der Waals surface area contributed by atoms with Crippen LogP contribution in [0.3, 0.4) is 0 Å². The fourth-order valence-electron chi connectivity index (χ4n) is 2.89. The number of halogens is 1. The van der Waals surface area contributed by atoms with E-state index in [1.807, 2.05) is 36.4 Å². The number of rotatable bonds is 6. The molecule has 2 nitrogen and oxygen atoms in total. The van der Waals surface area contributed by atoms with Crippen molar-refractivity contribution in [2.75, 3.05) is 0 Å². The molecule has 0 aromatic heterocycles. The van der Waals surface area contributed by atoms with Gasteiger partial charge in [0.25, 0.3) is 0 Å². The van der Waals surface area contributed by atoms with Crippen LogP contribution in [-0.2, 0) is 11.2 Å². The van der Waals surface area contributed by atoms with Gasteiger partial charge in [-0.15, -0.1) is 0 Å². The van der Waals surface area contributed by atoms with Gasteiger partial charge in [0.2, 0.25) is 0 Å². The van der Waals surface area contributed by atoms with Crippen LogP contribution in [0.15, 0.2) is 84.9 Å². The summed E-state index contributed by atoms with van der Waals surface area (Å²) in [6.07, 6.45) is 1.04. The van der Waals surface area contributed by atoms with E-state index in [4.69, 9.17) is 14.0 Å². The monoisotopic (exact) mass is 515 g/mol. The molecule has 3 aromatic rings. The number of benzene rings is 3. The Kier molecular flexibility index (Phi) is 9.75. The van der Waals surface area contributed by atoms with Crippen molar-refractivity contribution in [1.29, 1.82) is 0 Å². The van der Waals surface area contributed by atoms with Crippen molar-refractivity contribution < 1.29 is 9.90 Å². The summed E-state index contributed by atoms with van der Waals surface area (Å²) < 4.78 is 2.67. The Hall–Kier alpha value is -1.78. The Morgan fingerprint density at radius 3 is 1.66 bits per heavy atom. The average molecular weight is 515 g/mol. The first kappa shape index (κ1) is 23.5. The molecule has 1 atom stereocenters. The Morgan fingerprint density at radius 2 is 1.28 bits per heavy atom. The van der Waals surface area contributed by atoms with E-state index >= 15 is 0 Å². The molecule has 4 heteroatoms. The summed E-state index contributed by atoms with van der Waals surface area (Å²) in [6.45, 7) is 6.06. The molecule has 0 fully saturated rings. The van der Waals surface area contributed by atoms with E-state index in [1.165, 1.54) is 12.7 Å². The second-order valence-electron chi connectivity index (χ2n) is 7.45. The average Bonchev–Trinajstić information content (AvgIpc) is 2.74. The zero-order chi connectivity index (χ0) is 21.2. The van der Waals surface area contributed by atoms with Crippen LogP contribution in [0.1, 0.15) is 37.8 Å². The van der Waals surface area contributed by atoms with Gasteiger partial charge in [0.05, 0.1) is 5.92 Å². The number of carbonyl (C=O) groups is 1. The Labute approximate surface area is 185 Å². The van der Waals surface area contributed by atoms with Gasteiger partial charge in [0.1, 0.15) is 0 Å². The van der Waals surface area contributed by atoms with E-state index in [0.717, 1.165) is 12.0 Å². The van der Waals surface area contributed by atoms with E-state index in [0.29, 0.717) is 5.92 Å². The topological polar surface area (TPSA) is 37.3 Å². The van der Waals surface area contributed by atoms with Crippen molar-refractivity contribution >= 4 is 40.7 Å². The fraction of sp³-hybridized carbons (Fsp3) is 0.240. The first-order valence-corrected chi connectivity index (χ1v) is 16.3. The van der Waals surface area contributed by atoms with E-state index in [1.54, 1.807) is 6.92 Å². The summed E-state index contributed by atoms with van der Waals surface area (Å²) in [5.41, 5.74) is 2.14. The molecule has 0 saturated carbocycles. The van der Waals surface area contributed by atoms with Gasteiger partial charge in [-0.25, -0.2) is 0 Å². The van der Waals surface area contributed by atoms with Crippen molar-refractivity contribution in [2.24, 2.45) is 5.92 Å². The molecule has 1 N–H and O–H groups in total. The zero-order valence-corrected chi connectivity index (χ0v) is 20.8. The van der Waals surface area contributed by atoms with Gasteiger partial charge >= 0.3 is 101 Å². The van der Waals surface area contributed by atoms with Crippen molar-refractivity contribution in [3.8, 4) is 0 Å². The minimum atomic E-state index is -2.03. The molecule has 0 aliphatic carbocycles. The van der Waals surface area contributed by atoms with Gasteiger partial charge in [0, 0.05) is 0 Å². The maximum absolute atomic E-state index is 10.8. The molecule has 29 heavy (non-hydrogen) atoms. The Bertz CT molecular complexity index is 825. The normalized spacial score (nSPS) is 11.7. The molecule has 0 aliphatic rings. The molecule has 0 amide bonds. The molecule has 0 bridgehead atoms. The summed E-state index contributed by atoms with van der Waals surface area (Å²) in [4.78, 5) is 10.8. The van der Waals surface area contributed by atoms with Crippen LogP contribution in [0.2, 0.25) is 0 Å². The van der Waals surface area contributed by atoms with E-state index in [2.05, 4.69) is 62.4 Å². The summed E-state index contributed by atoms with van der Waals surface area (Å²) in [5.74, 6) is -0.558. The first-order chi connectivity index (χ1) is 13.9. The molecule has 0 aliphatic heterocycles. The maximum atomic E-state index is 10.8. The third kappa shape index (κ3) is 7.87. The number of aliphatic carboxylic acids is 1. The summed E-state index contributed by atoms with van der Waals surface area (Å²) in [6, 6.07) is 28.7. The van der Waals surface area contributed by atoms with Crippen LogP contribution in [0.5, 0.6) is 0 Å². The molecule has 1 radical (unpaired) electrons. The SMILES string of the molecule is CC(C)Cc1ccc(C(C)C(=O)O)cc1.[Cl][Sn]([c]1ccccc1)[c]1ccccc1. The van der Waals surface area contributed by atoms with Crippen LogP contribution >= 0.6 is 8.92 Å². The quantitative estimate of drug-likeness (QED) is 0.465. The molecule has 0 heterocycles. The zero-order valence-electron chi connectivity index (χ0n) is 17.2. The molecule has 0 spiro atoms. The van der Waals surface area contributed by atoms with Gasteiger partial charge < -0.3 is 5.11 Å². The Balaban J connectivity index is 0.000000207. The molecule has 3 aromatic carbocycles. The van der Waals surface area contributed by atoms with Crippen LogP contribution < -0.4 is 7.16 Å². The third-order valence-electron chi connectivity index (χ3n) is 4.55. The third-order valence-corrected chi connectivity index (χ3v) is 12.3. The second kappa shape index (κ2) is 12.0. The number of carboxylic acids is 1. The molecular weight excluding hydrogens is 486 g/mol. The van der Waals surface area contributed by atoms with Crippen molar-refractivity contribution in [1.82, 2.24) is 0 Å². The standard InChI is InChI=1S/C13H18O2.2C6H5.ClH.Sn/c1-9(2)8-11-4-6-12(7-5-11)10(3)13(14)15;2*1-2-4-6-5-3-1;;/h4-7,9-10H,8H2,1-3H3,(H,14,15);2*1-5H;1H;/q;;;;+1/p-1. The number of hydrogen-bond acceptors (Lipinski definition) is 1. The van der Waals surface area contributed by atoms with Gasteiger partial charge in [-0.05, 0) is 30.4 Å². The van der Waals surface area contributed by atoms with Crippen molar-refractivity contribution in [3.05, 3.63) is 96.1 Å². The van der Waals surface area contributed by atoms with Gasteiger partial charge in [-0.2, -0.15) is 0 Å². The summed E-state index contributed by atoms with van der Waals surface area (Å²) in [5, 5.41) is 8.85. The summed E-state index contributed by atoms with van der Waals surface area (Å²) >= 11 is -2.03. The van der Waals surface area contributed by atoms with Gasteiger partial charge in [-0.1, -0.05) is 38.1 Å². The second-order valence-corrected chi connectivity index (χ2v) is 15.1. The Morgan fingerprint density at radius 1 is 0.828 bits per heavy atom. The summed E-state index contributed by atoms with van der Waals surface area (Å²) in [7, 11) is 6.53. The minimum absolute atomic E-state index is 0.418. The number of carboxylic acid groups (broad SMARTS) is 1. The van der Waals surface area contributed by atoms with Gasteiger partial charge in [-0.3, -0.25) is 4.79 Å². The van der Waals surface area contributed by atoms with Crippen LogP contribution in [0.4, 0.5) is 0 Å². The predicted octanol–water partition coefficient (Wildman–Crippen LogP) is 5.10. The molecular formula is C25H28ClO2Sn.